The molecule has 4 N–H and O–H groups in total. The number of anilines is 1. The Morgan fingerprint density at radius 2 is 1.62 bits per heavy atom. The van der Waals surface area contributed by atoms with Gasteiger partial charge in [-0.25, -0.2) is 0 Å². The number of hydrogen-bond acceptors (Lipinski definition) is 4. The molecule has 4 heteroatoms. The Balaban J connectivity index is 2.07. The van der Waals surface area contributed by atoms with Gasteiger partial charge < -0.3 is 15.7 Å². The molecule has 1 unspecified atom stereocenters. The summed E-state index contributed by atoms with van der Waals surface area (Å²) in [6.07, 6.45) is -0.600. The van der Waals surface area contributed by atoms with Crippen molar-refractivity contribution in [3.05, 3.63) is 66.2 Å². The molecule has 0 radical (unpaired) electrons. The van der Waals surface area contributed by atoms with Crippen molar-refractivity contribution in [3.8, 4) is 0 Å². The Kier molecular flexibility index (Phi) is 6.22. The van der Waals surface area contributed by atoms with Crippen LogP contribution in [-0.2, 0) is 6.54 Å². The highest BCUT2D eigenvalue weighted by Crippen LogP contribution is 2.16. The highest BCUT2D eigenvalue weighted by molar-refractivity contribution is 5.46. The Bertz CT molecular complexity index is 504. The molecule has 4 nitrogen and oxygen atoms in total. The molecule has 0 aliphatic carbocycles. The quantitative estimate of drug-likeness (QED) is 0.644. The second-order valence-electron chi connectivity index (χ2n) is 4.96. The number of rotatable bonds is 8. The molecule has 2 aromatic carbocycles. The van der Waals surface area contributed by atoms with Gasteiger partial charge in [0.1, 0.15) is 6.23 Å². The zero-order chi connectivity index (χ0) is 14.9. The lowest BCUT2D eigenvalue weighted by atomic mass is 10.2. The Morgan fingerprint density at radius 1 is 1.00 bits per heavy atom. The minimum absolute atomic E-state index is 0.513. The van der Waals surface area contributed by atoms with Crippen LogP contribution in [-0.4, -0.2) is 31.0 Å². The molecule has 21 heavy (non-hydrogen) atoms. The number of aliphatic hydroxyl groups is 1. The van der Waals surface area contributed by atoms with Gasteiger partial charge in [0.2, 0.25) is 0 Å². The molecule has 112 valence electrons. The van der Waals surface area contributed by atoms with Crippen LogP contribution in [0.3, 0.4) is 0 Å². The van der Waals surface area contributed by atoms with Gasteiger partial charge in [0.25, 0.3) is 0 Å². The molecule has 0 aliphatic rings. The fourth-order valence-electron chi connectivity index (χ4n) is 2.23. The van der Waals surface area contributed by atoms with Gasteiger partial charge in [0, 0.05) is 25.3 Å². The molecule has 0 bridgehead atoms. The molecular formula is C17H23N3O. The maximum Gasteiger partial charge on any atom is 0.122 e. The van der Waals surface area contributed by atoms with Crippen LogP contribution in [0.2, 0.25) is 0 Å². The molecule has 0 saturated heterocycles. The van der Waals surface area contributed by atoms with Crippen LogP contribution in [0.15, 0.2) is 60.7 Å². The van der Waals surface area contributed by atoms with Crippen LogP contribution < -0.4 is 16.0 Å². The van der Waals surface area contributed by atoms with Crippen molar-refractivity contribution in [2.45, 2.75) is 12.8 Å². The minimum atomic E-state index is -0.600. The number of nitrogens with one attached hydrogen (secondary N) is 1. The van der Waals surface area contributed by atoms with Gasteiger partial charge in [-0.05, 0) is 17.7 Å². The van der Waals surface area contributed by atoms with Gasteiger partial charge in [-0.15, -0.1) is 0 Å². The van der Waals surface area contributed by atoms with Gasteiger partial charge in [-0.3, -0.25) is 5.32 Å². The lowest BCUT2D eigenvalue weighted by molar-refractivity contribution is 0.144. The first-order chi connectivity index (χ1) is 10.3. The predicted octanol–water partition coefficient (Wildman–Crippen LogP) is 1.56. The lowest BCUT2D eigenvalue weighted by Crippen LogP contribution is -2.42. The van der Waals surface area contributed by atoms with Crippen LogP contribution in [0.25, 0.3) is 0 Å². The summed E-state index contributed by atoms with van der Waals surface area (Å²) in [4.78, 5) is 2.16. The molecule has 0 amide bonds. The van der Waals surface area contributed by atoms with E-state index < -0.39 is 6.23 Å². The van der Waals surface area contributed by atoms with Gasteiger partial charge in [0.15, 0.2) is 0 Å². The molecule has 0 heterocycles. The zero-order valence-electron chi connectivity index (χ0n) is 12.2. The summed E-state index contributed by atoms with van der Waals surface area (Å²) in [5.74, 6) is 0. The van der Waals surface area contributed by atoms with Crippen LogP contribution >= 0.6 is 0 Å². The fraction of sp³-hybridized carbons (Fsp3) is 0.294. The standard InChI is InChI=1S/C17H23N3O/c18-11-12-19-17(21)14-20(16-9-5-2-6-10-16)13-15-7-3-1-4-8-15/h1-10,17,19,21H,11-14,18H2. The third kappa shape index (κ3) is 5.19. The summed E-state index contributed by atoms with van der Waals surface area (Å²) in [5, 5.41) is 13.1. The average molecular weight is 285 g/mol. The van der Waals surface area contributed by atoms with E-state index in [1.807, 2.05) is 36.4 Å². The minimum Gasteiger partial charge on any atom is -0.377 e. The zero-order valence-corrected chi connectivity index (χ0v) is 12.2. The highest BCUT2D eigenvalue weighted by atomic mass is 16.3. The van der Waals surface area contributed by atoms with E-state index in [2.05, 4.69) is 34.5 Å². The van der Waals surface area contributed by atoms with Crippen molar-refractivity contribution in [2.24, 2.45) is 5.73 Å². The third-order valence-electron chi connectivity index (χ3n) is 3.26. The van der Waals surface area contributed by atoms with Gasteiger partial charge in [-0.1, -0.05) is 48.5 Å². The van der Waals surface area contributed by atoms with E-state index in [-0.39, 0.29) is 0 Å². The van der Waals surface area contributed by atoms with Crippen LogP contribution in [0.5, 0.6) is 0 Å². The van der Waals surface area contributed by atoms with Crippen molar-refractivity contribution < 1.29 is 5.11 Å². The van der Waals surface area contributed by atoms with E-state index in [4.69, 9.17) is 5.73 Å². The molecule has 0 aliphatic heterocycles. The van der Waals surface area contributed by atoms with E-state index in [9.17, 15) is 5.11 Å². The second kappa shape index (κ2) is 8.42. The topological polar surface area (TPSA) is 61.5 Å². The van der Waals surface area contributed by atoms with E-state index in [1.54, 1.807) is 0 Å². The summed E-state index contributed by atoms with van der Waals surface area (Å²) in [7, 11) is 0. The van der Waals surface area contributed by atoms with E-state index in [1.165, 1.54) is 5.56 Å². The summed E-state index contributed by atoms with van der Waals surface area (Å²) >= 11 is 0. The van der Waals surface area contributed by atoms with Crippen LogP contribution in [0, 0.1) is 0 Å². The highest BCUT2D eigenvalue weighted by Gasteiger charge is 2.12. The fourth-order valence-corrected chi connectivity index (χ4v) is 2.23. The molecule has 0 saturated carbocycles. The van der Waals surface area contributed by atoms with Crippen molar-refractivity contribution in [2.75, 3.05) is 24.5 Å². The van der Waals surface area contributed by atoms with Crippen LogP contribution in [0.4, 0.5) is 5.69 Å². The largest absolute Gasteiger partial charge is 0.377 e. The summed E-state index contributed by atoms with van der Waals surface area (Å²) in [6, 6.07) is 20.4. The molecule has 0 fully saturated rings. The van der Waals surface area contributed by atoms with E-state index in [0.717, 1.165) is 12.2 Å². The number of hydrogen-bond donors (Lipinski definition) is 3. The van der Waals surface area contributed by atoms with Crippen molar-refractivity contribution in [1.29, 1.82) is 0 Å². The predicted molar refractivity (Wildman–Crippen MR) is 87.0 cm³/mol. The van der Waals surface area contributed by atoms with E-state index >= 15 is 0 Å². The van der Waals surface area contributed by atoms with Crippen molar-refractivity contribution in [1.82, 2.24) is 5.32 Å². The normalized spacial score (nSPS) is 12.1. The molecule has 2 rings (SSSR count). The van der Waals surface area contributed by atoms with Crippen molar-refractivity contribution >= 4 is 5.69 Å². The smallest absolute Gasteiger partial charge is 0.122 e. The SMILES string of the molecule is NCCNC(O)CN(Cc1ccccc1)c1ccccc1. The molecular weight excluding hydrogens is 262 g/mol. The third-order valence-corrected chi connectivity index (χ3v) is 3.26. The molecule has 0 spiro atoms. The number of nitrogens with two attached hydrogens (primary N) is 1. The van der Waals surface area contributed by atoms with Gasteiger partial charge >= 0.3 is 0 Å². The first-order valence-electron chi connectivity index (χ1n) is 7.25. The number of aliphatic hydroxyl groups excluding tert-OH is 1. The maximum absolute atomic E-state index is 10.1. The molecule has 1 atom stereocenters. The number of para-hydroxylation sites is 1. The first kappa shape index (κ1) is 15.5. The second-order valence-corrected chi connectivity index (χ2v) is 4.96. The van der Waals surface area contributed by atoms with Gasteiger partial charge in [-0.2, -0.15) is 0 Å². The monoisotopic (exact) mass is 285 g/mol. The summed E-state index contributed by atoms with van der Waals surface area (Å²) in [5.41, 5.74) is 7.76. The number of benzene rings is 2. The first-order valence-corrected chi connectivity index (χ1v) is 7.25. The Labute approximate surface area is 126 Å². The summed E-state index contributed by atoms with van der Waals surface area (Å²) < 4.78 is 0. The molecule has 0 aromatic heterocycles. The summed E-state index contributed by atoms with van der Waals surface area (Å²) in [6.45, 7) is 2.39. The van der Waals surface area contributed by atoms with Crippen molar-refractivity contribution in [3.63, 3.8) is 0 Å². The Morgan fingerprint density at radius 3 is 2.24 bits per heavy atom. The average Bonchev–Trinajstić information content (AvgIpc) is 2.54. The number of nitrogens with zero attached hydrogens (tertiary/aromatic N) is 1. The van der Waals surface area contributed by atoms with Gasteiger partial charge in [0.05, 0.1) is 6.54 Å². The van der Waals surface area contributed by atoms with Crippen LogP contribution in [0.1, 0.15) is 5.56 Å². The van der Waals surface area contributed by atoms with E-state index in [0.29, 0.717) is 19.6 Å². The Hall–Kier alpha value is -1.88. The molecule has 2 aromatic rings. The maximum atomic E-state index is 10.1. The lowest BCUT2D eigenvalue weighted by Gasteiger charge is -2.28.